The molecule has 0 bridgehead atoms. The molecule has 0 radical (unpaired) electrons. The second kappa shape index (κ2) is 4.16. The van der Waals surface area contributed by atoms with E-state index in [4.69, 9.17) is 5.73 Å². The van der Waals surface area contributed by atoms with E-state index in [2.05, 4.69) is 16.9 Å². The van der Waals surface area contributed by atoms with Gasteiger partial charge in [0.05, 0.1) is 0 Å². The Hall–Kier alpha value is -0.960. The molecular weight excluding hydrogens is 150 g/mol. The van der Waals surface area contributed by atoms with Crippen molar-refractivity contribution in [1.82, 2.24) is 9.97 Å². The highest BCUT2D eigenvalue weighted by Crippen LogP contribution is 2.18. The summed E-state index contributed by atoms with van der Waals surface area (Å²) in [5.74, 6) is 0.469. The molecule has 0 aliphatic carbocycles. The summed E-state index contributed by atoms with van der Waals surface area (Å²) in [5, 5.41) is 0. The molecule has 0 spiro atoms. The lowest BCUT2D eigenvalue weighted by atomic mass is 9.98. The lowest BCUT2D eigenvalue weighted by Gasteiger charge is -2.11. The minimum atomic E-state index is 0.469. The molecule has 1 aromatic rings. The molecule has 0 aliphatic rings. The van der Waals surface area contributed by atoms with Gasteiger partial charge in [-0.15, -0.1) is 0 Å². The lowest BCUT2D eigenvalue weighted by Crippen LogP contribution is -2.06. The number of hydrogen-bond acceptors (Lipinski definition) is 3. The number of aryl methyl sites for hydroxylation is 1. The molecule has 2 N–H and O–H groups in total. The molecule has 12 heavy (non-hydrogen) atoms. The fourth-order valence-electron chi connectivity index (χ4n) is 1.29. The molecule has 0 aliphatic heterocycles. The lowest BCUT2D eigenvalue weighted by molar-refractivity contribution is 0.677. The molecule has 0 amide bonds. The van der Waals surface area contributed by atoms with Gasteiger partial charge in [0, 0.05) is 11.9 Å². The molecule has 0 fully saturated rings. The van der Waals surface area contributed by atoms with Gasteiger partial charge < -0.3 is 5.73 Å². The van der Waals surface area contributed by atoms with Gasteiger partial charge in [0.1, 0.15) is 6.33 Å². The predicted octanol–water partition coefficient (Wildman–Crippen LogP) is 1.24. The average Bonchev–Trinajstić information content (AvgIpc) is 2.05. The predicted molar refractivity (Wildman–Crippen MR) is 48.9 cm³/mol. The highest BCUT2D eigenvalue weighted by atomic mass is 14.8. The summed E-state index contributed by atoms with van der Waals surface area (Å²) >= 11 is 0. The van der Waals surface area contributed by atoms with E-state index in [9.17, 15) is 0 Å². The van der Waals surface area contributed by atoms with Crippen molar-refractivity contribution >= 4 is 0 Å². The first-order valence-electron chi connectivity index (χ1n) is 4.22. The molecule has 0 saturated heterocycles. The maximum absolute atomic E-state index is 5.48. The van der Waals surface area contributed by atoms with Gasteiger partial charge >= 0.3 is 0 Å². The molecule has 0 saturated carbocycles. The van der Waals surface area contributed by atoms with Gasteiger partial charge in [0.15, 0.2) is 0 Å². The Labute approximate surface area is 73.0 Å². The third-order valence-corrected chi connectivity index (χ3v) is 2.08. The fourth-order valence-corrected chi connectivity index (χ4v) is 1.29. The van der Waals surface area contributed by atoms with Crippen LogP contribution in [0.15, 0.2) is 12.5 Å². The molecule has 1 rings (SSSR count). The van der Waals surface area contributed by atoms with Crippen LogP contribution in [0.2, 0.25) is 0 Å². The molecular formula is C9H15N3. The number of rotatable bonds is 3. The van der Waals surface area contributed by atoms with Crippen molar-refractivity contribution in [3.8, 4) is 0 Å². The molecule has 66 valence electrons. The van der Waals surface area contributed by atoms with Gasteiger partial charge in [-0.2, -0.15) is 0 Å². The zero-order chi connectivity index (χ0) is 8.97. The summed E-state index contributed by atoms with van der Waals surface area (Å²) in [4.78, 5) is 8.13. The van der Waals surface area contributed by atoms with Gasteiger partial charge in [-0.3, -0.25) is 0 Å². The summed E-state index contributed by atoms with van der Waals surface area (Å²) in [6, 6.07) is 0. The summed E-state index contributed by atoms with van der Waals surface area (Å²) in [5.41, 5.74) is 7.75. The zero-order valence-electron chi connectivity index (χ0n) is 7.62. The molecule has 0 aromatic carbocycles. The van der Waals surface area contributed by atoms with Gasteiger partial charge in [-0.05, 0) is 31.4 Å². The van der Waals surface area contributed by atoms with E-state index < -0.39 is 0 Å². The van der Waals surface area contributed by atoms with Crippen LogP contribution in [-0.4, -0.2) is 16.5 Å². The Morgan fingerprint density at radius 3 is 2.92 bits per heavy atom. The first-order valence-corrected chi connectivity index (χ1v) is 4.22. The van der Waals surface area contributed by atoms with E-state index in [1.165, 1.54) is 5.56 Å². The normalized spacial score (nSPS) is 12.9. The highest BCUT2D eigenvalue weighted by molar-refractivity contribution is 5.18. The second-order valence-corrected chi connectivity index (χ2v) is 3.04. The maximum atomic E-state index is 5.48. The first kappa shape index (κ1) is 9.13. The topological polar surface area (TPSA) is 51.8 Å². The van der Waals surface area contributed by atoms with Crippen LogP contribution in [0.5, 0.6) is 0 Å². The van der Waals surface area contributed by atoms with E-state index in [-0.39, 0.29) is 0 Å². The van der Waals surface area contributed by atoms with Crippen LogP contribution in [-0.2, 0) is 0 Å². The average molecular weight is 165 g/mol. The summed E-state index contributed by atoms with van der Waals surface area (Å²) in [7, 11) is 0. The van der Waals surface area contributed by atoms with E-state index in [0.717, 1.165) is 18.7 Å². The van der Waals surface area contributed by atoms with E-state index >= 15 is 0 Å². The third-order valence-electron chi connectivity index (χ3n) is 2.08. The van der Waals surface area contributed by atoms with Crippen LogP contribution in [0.25, 0.3) is 0 Å². The van der Waals surface area contributed by atoms with Crippen LogP contribution >= 0.6 is 0 Å². The molecule has 1 heterocycles. The van der Waals surface area contributed by atoms with E-state index in [1.807, 2.05) is 13.1 Å². The van der Waals surface area contributed by atoms with Crippen molar-refractivity contribution in [3.63, 3.8) is 0 Å². The van der Waals surface area contributed by atoms with Crippen LogP contribution in [0, 0.1) is 6.92 Å². The van der Waals surface area contributed by atoms with Crippen LogP contribution in [0.4, 0.5) is 0 Å². The Morgan fingerprint density at radius 1 is 1.58 bits per heavy atom. The summed E-state index contributed by atoms with van der Waals surface area (Å²) in [6.07, 6.45) is 4.45. The van der Waals surface area contributed by atoms with Crippen molar-refractivity contribution < 1.29 is 0 Å². The van der Waals surface area contributed by atoms with Gasteiger partial charge in [0.2, 0.25) is 0 Å². The Bertz CT molecular complexity index is 247. The largest absolute Gasteiger partial charge is 0.330 e. The van der Waals surface area contributed by atoms with Gasteiger partial charge in [0.25, 0.3) is 0 Å². The summed E-state index contributed by atoms with van der Waals surface area (Å²) in [6.45, 7) is 4.87. The number of hydrogen-bond donors (Lipinski definition) is 1. The van der Waals surface area contributed by atoms with Crippen molar-refractivity contribution in [2.24, 2.45) is 5.73 Å². The molecule has 1 aromatic heterocycles. The van der Waals surface area contributed by atoms with Crippen LogP contribution in [0.3, 0.4) is 0 Å². The Morgan fingerprint density at radius 2 is 2.33 bits per heavy atom. The SMILES string of the molecule is Cc1ncncc1C(C)CCN. The van der Waals surface area contributed by atoms with Crippen LogP contribution in [0.1, 0.15) is 30.5 Å². The minimum Gasteiger partial charge on any atom is -0.330 e. The van der Waals surface area contributed by atoms with Crippen molar-refractivity contribution in [2.75, 3.05) is 6.54 Å². The highest BCUT2D eigenvalue weighted by Gasteiger charge is 2.07. The maximum Gasteiger partial charge on any atom is 0.115 e. The first-order chi connectivity index (χ1) is 5.75. The number of nitrogens with zero attached hydrogens (tertiary/aromatic N) is 2. The standard InChI is InChI=1S/C9H15N3/c1-7(3-4-10)9-5-11-6-12-8(9)2/h5-7H,3-4,10H2,1-2H3. The molecule has 3 heteroatoms. The minimum absolute atomic E-state index is 0.469. The van der Waals surface area contributed by atoms with Crippen molar-refractivity contribution in [1.29, 1.82) is 0 Å². The quantitative estimate of drug-likeness (QED) is 0.733. The number of nitrogens with two attached hydrogens (primary N) is 1. The van der Waals surface area contributed by atoms with Crippen LogP contribution < -0.4 is 5.73 Å². The number of aromatic nitrogens is 2. The van der Waals surface area contributed by atoms with E-state index in [0.29, 0.717) is 5.92 Å². The molecule has 1 unspecified atom stereocenters. The van der Waals surface area contributed by atoms with Gasteiger partial charge in [-0.1, -0.05) is 6.92 Å². The summed E-state index contributed by atoms with van der Waals surface area (Å²) < 4.78 is 0. The Kier molecular flexibility index (Phi) is 3.17. The van der Waals surface area contributed by atoms with Crippen molar-refractivity contribution in [3.05, 3.63) is 23.8 Å². The van der Waals surface area contributed by atoms with Crippen molar-refractivity contribution in [2.45, 2.75) is 26.2 Å². The Balaban J connectivity index is 2.79. The molecule has 1 atom stereocenters. The smallest absolute Gasteiger partial charge is 0.115 e. The molecule has 3 nitrogen and oxygen atoms in total. The monoisotopic (exact) mass is 165 g/mol. The third kappa shape index (κ3) is 2.01. The fraction of sp³-hybridized carbons (Fsp3) is 0.556. The second-order valence-electron chi connectivity index (χ2n) is 3.04. The van der Waals surface area contributed by atoms with Gasteiger partial charge in [-0.25, -0.2) is 9.97 Å². The van der Waals surface area contributed by atoms with E-state index in [1.54, 1.807) is 6.33 Å². The zero-order valence-corrected chi connectivity index (χ0v) is 7.62.